The molecule has 114 valence electrons. The van der Waals surface area contributed by atoms with E-state index in [9.17, 15) is 0 Å². The van der Waals surface area contributed by atoms with Crippen molar-refractivity contribution >= 4 is 5.69 Å². The molecule has 1 atom stereocenters. The van der Waals surface area contributed by atoms with Crippen LogP contribution in [0.1, 0.15) is 32.3 Å². The third-order valence-electron chi connectivity index (χ3n) is 3.63. The zero-order valence-corrected chi connectivity index (χ0v) is 13.6. The molecular formula is C17H31N3. The molecule has 20 heavy (non-hydrogen) atoms. The first-order chi connectivity index (χ1) is 9.56. The summed E-state index contributed by atoms with van der Waals surface area (Å²) in [6, 6.07) is 9.21. The molecule has 0 radical (unpaired) electrons. The average molecular weight is 277 g/mol. The van der Waals surface area contributed by atoms with E-state index in [1.165, 1.54) is 17.7 Å². The van der Waals surface area contributed by atoms with Gasteiger partial charge in [-0.3, -0.25) is 0 Å². The Morgan fingerprint density at radius 3 is 2.15 bits per heavy atom. The van der Waals surface area contributed by atoms with Crippen molar-refractivity contribution in [3.63, 3.8) is 0 Å². The third kappa shape index (κ3) is 5.93. The van der Waals surface area contributed by atoms with E-state index in [0.29, 0.717) is 0 Å². The van der Waals surface area contributed by atoms with Crippen LogP contribution in [0.3, 0.4) is 0 Å². The predicted molar refractivity (Wildman–Crippen MR) is 89.5 cm³/mol. The molecule has 0 aliphatic rings. The second-order valence-corrected chi connectivity index (χ2v) is 5.83. The molecule has 3 nitrogen and oxygen atoms in total. The molecule has 1 aromatic carbocycles. The van der Waals surface area contributed by atoms with Crippen molar-refractivity contribution in [1.82, 2.24) is 4.90 Å². The molecule has 0 aromatic heterocycles. The van der Waals surface area contributed by atoms with Crippen LogP contribution in [0.5, 0.6) is 0 Å². The molecule has 1 aromatic rings. The Kier molecular flexibility index (Phi) is 7.63. The van der Waals surface area contributed by atoms with E-state index >= 15 is 0 Å². The lowest BCUT2D eigenvalue weighted by Crippen LogP contribution is -2.32. The number of benzene rings is 1. The van der Waals surface area contributed by atoms with Crippen molar-refractivity contribution in [2.45, 2.75) is 39.2 Å². The highest BCUT2D eigenvalue weighted by molar-refractivity contribution is 5.47. The van der Waals surface area contributed by atoms with E-state index in [2.05, 4.69) is 62.0 Å². The molecule has 0 amide bonds. The highest BCUT2D eigenvalue weighted by Gasteiger charge is 2.07. The molecule has 0 aliphatic carbocycles. The Labute approximate surface area is 124 Å². The molecule has 0 aliphatic heterocycles. The summed E-state index contributed by atoms with van der Waals surface area (Å²) in [5.74, 6) is 0. The van der Waals surface area contributed by atoms with Crippen LogP contribution in [-0.4, -0.2) is 44.7 Å². The monoisotopic (exact) mass is 277 g/mol. The Morgan fingerprint density at radius 2 is 1.65 bits per heavy atom. The number of hydrogen-bond donors (Lipinski definition) is 1. The minimum absolute atomic E-state index is 0.279. The van der Waals surface area contributed by atoms with Gasteiger partial charge >= 0.3 is 0 Å². The van der Waals surface area contributed by atoms with Gasteiger partial charge in [0, 0.05) is 31.4 Å². The molecule has 2 N–H and O–H groups in total. The standard InChI is InChI=1S/C17H31N3/c1-5-11-20(13-12-19(3)4)17-9-7-15(8-10-17)14-16(18)6-2/h7-10,16H,5-6,11-14,18H2,1-4H3. The molecule has 0 bridgehead atoms. The SMILES string of the molecule is CCCN(CCN(C)C)c1ccc(CC(N)CC)cc1. The van der Waals surface area contributed by atoms with Gasteiger partial charge in [0.05, 0.1) is 0 Å². The normalized spacial score (nSPS) is 12.7. The number of hydrogen-bond acceptors (Lipinski definition) is 3. The van der Waals surface area contributed by atoms with E-state index in [4.69, 9.17) is 5.73 Å². The molecule has 1 unspecified atom stereocenters. The van der Waals surface area contributed by atoms with E-state index in [1.54, 1.807) is 0 Å². The maximum Gasteiger partial charge on any atom is 0.0366 e. The second-order valence-electron chi connectivity index (χ2n) is 5.83. The van der Waals surface area contributed by atoms with Gasteiger partial charge in [-0.15, -0.1) is 0 Å². The number of likely N-dealkylation sites (N-methyl/N-ethyl adjacent to an activating group) is 1. The molecule has 0 saturated carbocycles. The van der Waals surface area contributed by atoms with E-state index in [-0.39, 0.29) is 6.04 Å². The van der Waals surface area contributed by atoms with Crippen molar-refractivity contribution in [2.75, 3.05) is 38.6 Å². The van der Waals surface area contributed by atoms with Gasteiger partial charge in [-0.05, 0) is 51.1 Å². The van der Waals surface area contributed by atoms with Gasteiger partial charge in [0.1, 0.15) is 0 Å². The molecule has 0 saturated heterocycles. The van der Waals surface area contributed by atoms with Crippen molar-refractivity contribution in [3.05, 3.63) is 29.8 Å². The van der Waals surface area contributed by atoms with Crippen molar-refractivity contribution < 1.29 is 0 Å². The fraction of sp³-hybridized carbons (Fsp3) is 0.647. The van der Waals surface area contributed by atoms with E-state index < -0.39 is 0 Å². The zero-order chi connectivity index (χ0) is 15.0. The van der Waals surface area contributed by atoms with Crippen LogP contribution in [-0.2, 0) is 6.42 Å². The lowest BCUT2D eigenvalue weighted by Gasteiger charge is -2.26. The van der Waals surface area contributed by atoms with Crippen molar-refractivity contribution in [1.29, 1.82) is 0 Å². The number of nitrogens with zero attached hydrogens (tertiary/aromatic N) is 2. The number of rotatable bonds is 9. The number of anilines is 1. The summed E-state index contributed by atoms with van der Waals surface area (Å²) in [6.07, 6.45) is 3.19. The lowest BCUT2D eigenvalue weighted by atomic mass is 10.0. The summed E-state index contributed by atoms with van der Waals surface area (Å²) in [7, 11) is 4.25. The van der Waals surface area contributed by atoms with Gasteiger partial charge in [0.25, 0.3) is 0 Å². The van der Waals surface area contributed by atoms with Crippen LogP contribution in [0.2, 0.25) is 0 Å². The minimum atomic E-state index is 0.279. The predicted octanol–water partition coefficient (Wildman–Crippen LogP) is 2.74. The van der Waals surface area contributed by atoms with Gasteiger partial charge in [0.2, 0.25) is 0 Å². The first kappa shape index (κ1) is 17.0. The fourth-order valence-corrected chi connectivity index (χ4v) is 2.25. The lowest BCUT2D eigenvalue weighted by molar-refractivity contribution is 0.413. The second kappa shape index (κ2) is 8.98. The van der Waals surface area contributed by atoms with Crippen LogP contribution in [0.25, 0.3) is 0 Å². The van der Waals surface area contributed by atoms with Crippen LogP contribution in [0, 0.1) is 0 Å². The Morgan fingerprint density at radius 1 is 1.00 bits per heavy atom. The fourth-order valence-electron chi connectivity index (χ4n) is 2.25. The highest BCUT2D eigenvalue weighted by atomic mass is 15.2. The smallest absolute Gasteiger partial charge is 0.0366 e. The molecule has 3 heteroatoms. The van der Waals surface area contributed by atoms with E-state index in [0.717, 1.165) is 32.5 Å². The summed E-state index contributed by atoms with van der Waals surface area (Å²) >= 11 is 0. The van der Waals surface area contributed by atoms with Gasteiger partial charge in [-0.2, -0.15) is 0 Å². The maximum atomic E-state index is 6.02. The quantitative estimate of drug-likeness (QED) is 0.753. The molecule has 0 fully saturated rings. The summed E-state index contributed by atoms with van der Waals surface area (Å²) < 4.78 is 0. The summed E-state index contributed by atoms with van der Waals surface area (Å²) in [5.41, 5.74) is 8.68. The highest BCUT2D eigenvalue weighted by Crippen LogP contribution is 2.16. The van der Waals surface area contributed by atoms with Gasteiger partial charge in [-0.25, -0.2) is 0 Å². The van der Waals surface area contributed by atoms with Crippen LogP contribution in [0.4, 0.5) is 5.69 Å². The minimum Gasteiger partial charge on any atom is -0.370 e. The summed E-state index contributed by atoms with van der Waals surface area (Å²) in [4.78, 5) is 4.70. The van der Waals surface area contributed by atoms with Crippen molar-refractivity contribution in [2.24, 2.45) is 5.73 Å². The van der Waals surface area contributed by atoms with Gasteiger partial charge in [0.15, 0.2) is 0 Å². The van der Waals surface area contributed by atoms with Crippen LogP contribution >= 0.6 is 0 Å². The third-order valence-corrected chi connectivity index (χ3v) is 3.63. The first-order valence-electron chi connectivity index (χ1n) is 7.81. The molecule has 0 heterocycles. The average Bonchev–Trinajstić information content (AvgIpc) is 2.44. The summed E-state index contributed by atoms with van der Waals surface area (Å²) in [5, 5.41) is 0. The molecular weight excluding hydrogens is 246 g/mol. The van der Waals surface area contributed by atoms with E-state index in [1.807, 2.05) is 0 Å². The van der Waals surface area contributed by atoms with Gasteiger partial charge < -0.3 is 15.5 Å². The Hall–Kier alpha value is -1.06. The first-order valence-corrected chi connectivity index (χ1v) is 7.81. The molecule has 1 rings (SSSR count). The van der Waals surface area contributed by atoms with Crippen LogP contribution < -0.4 is 10.6 Å². The number of nitrogens with two attached hydrogens (primary N) is 1. The maximum absolute atomic E-state index is 6.02. The Balaban J connectivity index is 2.66. The van der Waals surface area contributed by atoms with Gasteiger partial charge in [-0.1, -0.05) is 26.0 Å². The largest absolute Gasteiger partial charge is 0.370 e. The Bertz CT molecular complexity index is 359. The van der Waals surface area contributed by atoms with Crippen LogP contribution in [0.15, 0.2) is 24.3 Å². The van der Waals surface area contributed by atoms with Crippen molar-refractivity contribution in [3.8, 4) is 0 Å². The summed E-state index contributed by atoms with van der Waals surface area (Å²) in [6.45, 7) is 7.65. The zero-order valence-electron chi connectivity index (χ0n) is 13.6. The molecule has 0 spiro atoms. The topological polar surface area (TPSA) is 32.5 Å².